The van der Waals surface area contributed by atoms with Gasteiger partial charge in [0.2, 0.25) is 0 Å². The number of benzene rings is 2. The molecule has 1 aromatic heterocycles. The molecule has 0 saturated heterocycles. The molecule has 1 N–H and O–H groups in total. The van der Waals surface area contributed by atoms with Gasteiger partial charge >= 0.3 is 0 Å². The first kappa shape index (κ1) is 19.4. The quantitative estimate of drug-likeness (QED) is 0.659. The van der Waals surface area contributed by atoms with Crippen molar-refractivity contribution in [2.75, 3.05) is 11.9 Å². The monoisotopic (exact) mass is 377 g/mol. The van der Waals surface area contributed by atoms with Crippen LogP contribution >= 0.6 is 0 Å². The first-order valence-corrected chi connectivity index (χ1v) is 9.02. The lowest BCUT2D eigenvalue weighted by molar-refractivity contribution is -0.118. The summed E-state index contributed by atoms with van der Waals surface area (Å²) in [6, 6.07) is 14.7. The van der Waals surface area contributed by atoms with E-state index in [1.54, 1.807) is 24.3 Å². The van der Waals surface area contributed by atoms with Crippen molar-refractivity contribution in [3.63, 3.8) is 0 Å². The fraction of sp³-hybridized carbons (Fsp3) is 0.227. The Morgan fingerprint density at radius 2 is 1.64 bits per heavy atom. The summed E-state index contributed by atoms with van der Waals surface area (Å²) in [5.41, 5.74) is 4.98. The van der Waals surface area contributed by atoms with Crippen molar-refractivity contribution >= 4 is 17.4 Å². The van der Waals surface area contributed by atoms with Gasteiger partial charge in [-0.25, -0.2) is 4.68 Å². The van der Waals surface area contributed by atoms with E-state index < -0.39 is 0 Å². The molecule has 0 atom stereocenters. The highest BCUT2D eigenvalue weighted by molar-refractivity contribution is 5.94. The molecule has 6 nitrogen and oxygen atoms in total. The van der Waals surface area contributed by atoms with Gasteiger partial charge in [-0.2, -0.15) is 5.10 Å². The summed E-state index contributed by atoms with van der Waals surface area (Å²) < 4.78 is 7.32. The van der Waals surface area contributed by atoms with E-state index in [-0.39, 0.29) is 18.3 Å². The van der Waals surface area contributed by atoms with Gasteiger partial charge in [0.05, 0.1) is 22.8 Å². The van der Waals surface area contributed by atoms with E-state index in [0.717, 1.165) is 17.1 Å². The highest BCUT2D eigenvalue weighted by Crippen LogP contribution is 2.23. The molecule has 2 aromatic carbocycles. The van der Waals surface area contributed by atoms with E-state index in [1.807, 2.05) is 49.7 Å². The predicted octanol–water partition coefficient (Wildman–Crippen LogP) is 4.02. The lowest BCUT2D eigenvalue weighted by Crippen LogP contribution is -2.21. The SMILES string of the molecule is CC(=O)c1ccc(OCC(=O)Nc2c(C)nn(-c3ccc(C)cc3)c2C)cc1. The summed E-state index contributed by atoms with van der Waals surface area (Å²) in [5, 5.41) is 7.42. The van der Waals surface area contributed by atoms with E-state index >= 15 is 0 Å². The number of amides is 1. The van der Waals surface area contributed by atoms with Gasteiger partial charge in [0, 0.05) is 5.56 Å². The van der Waals surface area contributed by atoms with Crippen molar-refractivity contribution in [3.8, 4) is 11.4 Å². The summed E-state index contributed by atoms with van der Waals surface area (Å²) in [4.78, 5) is 23.6. The van der Waals surface area contributed by atoms with E-state index in [9.17, 15) is 9.59 Å². The molecule has 0 unspecified atom stereocenters. The first-order chi connectivity index (χ1) is 13.3. The van der Waals surface area contributed by atoms with E-state index in [0.29, 0.717) is 17.0 Å². The molecule has 3 aromatic rings. The molecular formula is C22H23N3O3. The van der Waals surface area contributed by atoms with Crippen molar-refractivity contribution in [3.05, 3.63) is 71.0 Å². The highest BCUT2D eigenvalue weighted by atomic mass is 16.5. The molecule has 0 bridgehead atoms. The number of aromatic nitrogens is 2. The zero-order valence-corrected chi connectivity index (χ0v) is 16.4. The largest absolute Gasteiger partial charge is 0.484 e. The number of rotatable bonds is 6. The van der Waals surface area contributed by atoms with Gasteiger partial charge in [0.25, 0.3) is 5.91 Å². The molecule has 1 heterocycles. The minimum Gasteiger partial charge on any atom is -0.484 e. The van der Waals surface area contributed by atoms with Crippen LogP contribution in [-0.4, -0.2) is 28.1 Å². The van der Waals surface area contributed by atoms with Crippen molar-refractivity contribution in [2.45, 2.75) is 27.7 Å². The molecular weight excluding hydrogens is 354 g/mol. The molecule has 144 valence electrons. The number of anilines is 1. The molecule has 0 saturated carbocycles. The highest BCUT2D eigenvalue weighted by Gasteiger charge is 2.15. The van der Waals surface area contributed by atoms with Gasteiger partial charge in [0.1, 0.15) is 5.75 Å². The third-order valence-corrected chi connectivity index (χ3v) is 4.47. The Morgan fingerprint density at radius 3 is 2.25 bits per heavy atom. The van der Waals surface area contributed by atoms with Crippen LogP contribution in [0.4, 0.5) is 5.69 Å². The Kier molecular flexibility index (Phi) is 5.59. The predicted molar refractivity (Wildman–Crippen MR) is 108 cm³/mol. The van der Waals surface area contributed by atoms with Crippen LogP contribution in [0.1, 0.15) is 34.2 Å². The fourth-order valence-corrected chi connectivity index (χ4v) is 2.87. The summed E-state index contributed by atoms with van der Waals surface area (Å²) in [6.07, 6.45) is 0. The number of nitrogens with zero attached hydrogens (tertiary/aromatic N) is 2. The summed E-state index contributed by atoms with van der Waals surface area (Å²) in [6.45, 7) is 7.18. The number of hydrogen-bond donors (Lipinski definition) is 1. The van der Waals surface area contributed by atoms with Crippen LogP contribution in [0.5, 0.6) is 5.75 Å². The summed E-state index contributed by atoms with van der Waals surface area (Å²) >= 11 is 0. The number of hydrogen-bond acceptors (Lipinski definition) is 4. The molecule has 0 spiro atoms. The number of Topliss-reactive ketones (excluding diaryl/α,β-unsaturated/α-hetero) is 1. The zero-order valence-electron chi connectivity index (χ0n) is 16.4. The van der Waals surface area contributed by atoms with Gasteiger partial charge in [-0.05, 0) is 64.1 Å². The molecule has 0 fully saturated rings. The average molecular weight is 377 g/mol. The number of aryl methyl sites for hydroxylation is 2. The maximum Gasteiger partial charge on any atom is 0.262 e. The van der Waals surface area contributed by atoms with Gasteiger partial charge < -0.3 is 10.1 Å². The van der Waals surface area contributed by atoms with Gasteiger partial charge in [0.15, 0.2) is 12.4 Å². The summed E-state index contributed by atoms with van der Waals surface area (Å²) in [7, 11) is 0. The van der Waals surface area contributed by atoms with E-state index in [2.05, 4.69) is 10.4 Å². The van der Waals surface area contributed by atoms with E-state index in [4.69, 9.17) is 4.74 Å². The Balaban J connectivity index is 1.67. The number of ether oxygens (including phenoxy) is 1. The van der Waals surface area contributed by atoms with Crippen LogP contribution in [0.2, 0.25) is 0 Å². The molecule has 6 heteroatoms. The van der Waals surface area contributed by atoms with Crippen LogP contribution in [0.15, 0.2) is 48.5 Å². The van der Waals surface area contributed by atoms with Crippen molar-refractivity contribution < 1.29 is 14.3 Å². The molecule has 0 aliphatic carbocycles. The standard InChI is InChI=1S/C22H23N3O3/c1-14-5-9-19(10-6-14)25-16(3)22(15(2)24-25)23-21(27)13-28-20-11-7-18(8-12-20)17(4)26/h5-12H,13H2,1-4H3,(H,23,27). The third-order valence-electron chi connectivity index (χ3n) is 4.47. The summed E-state index contributed by atoms with van der Waals surface area (Å²) in [5.74, 6) is 0.245. The topological polar surface area (TPSA) is 73.2 Å². The maximum atomic E-state index is 12.3. The van der Waals surface area contributed by atoms with Crippen LogP contribution in [0.25, 0.3) is 5.69 Å². The molecule has 1 amide bonds. The van der Waals surface area contributed by atoms with Crippen molar-refractivity contribution in [2.24, 2.45) is 0 Å². The molecule has 3 rings (SSSR count). The molecule has 0 aliphatic heterocycles. The van der Waals surface area contributed by atoms with Gasteiger partial charge in [-0.1, -0.05) is 17.7 Å². The van der Waals surface area contributed by atoms with E-state index in [1.165, 1.54) is 12.5 Å². The van der Waals surface area contributed by atoms with Crippen LogP contribution < -0.4 is 10.1 Å². The normalized spacial score (nSPS) is 10.6. The fourth-order valence-electron chi connectivity index (χ4n) is 2.87. The number of carbonyl (C=O) groups excluding carboxylic acids is 2. The smallest absolute Gasteiger partial charge is 0.262 e. The molecule has 0 aliphatic rings. The minimum absolute atomic E-state index is 0.0131. The number of nitrogens with one attached hydrogen (secondary N) is 1. The second-order valence-electron chi connectivity index (χ2n) is 6.71. The Bertz CT molecular complexity index is 1000. The minimum atomic E-state index is -0.273. The zero-order chi connectivity index (χ0) is 20.3. The van der Waals surface area contributed by atoms with Crippen molar-refractivity contribution in [1.82, 2.24) is 9.78 Å². The van der Waals surface area contributed by atoms with Gasteiger partial charge in [-0.15, -0.1) is 0 Å². The Labute approximate surface area is 164 Å². The van der Waals surface area contributed by atoms with Gasteiger partial charge in [-0.3, -0.25) is 9.59 Å². The Hall–Kier alpha value is -3.41. The molecule has 28 heavy (non-hydrogen) atoms. The lowest BCUT2D eigenvalue weighted by atomic mass is 10.1. The van der Waals surface area contributed by atoms with Crippen LogP contribution in [-0.2, 0) is 4.79 Å². The average Bonchev–Trinajstić information content (AvgIpc) is 2.95. The van der Waals surface area contributed by atoms with Crippen molar-refractivity contribution in [1.29, 1.82) is 0 Å². The number of carbonyl (C=O) groups is 2. The van der Waals surface area contributed by atoms with Crippen LogP contribution in [0.3, 0.4) is 0 Å². The first-order valence-electron chi connectivity index (χ1n) is 9.02. The second kappa shape index (κ2) is 8.08. The molecule has 0 radical (unpaired) electrons. The third kappa shape index (κ3) is 4.28. The maximum absolute atomic E-state index is 12.3. The Morgan fingerprint density at radius 1 is 1.00 bits per heavy atom. The van der Waals surface area contributed by atoms with Crippen LogP contribution in [0, 0.1) is 20.8 Å². The second-order valence-corrected chi connectivity index (χ2v) is 6.71. The lowest BCUT2D eigenvalue weighted by Gasteiger charge is -2.09. The number of ketones is 1.